The van der Waals surface area contributed by atoms with E-state index < -0.39 is 23.9 Å². The molecule has 2 atom stereocenters. The van der Waals surface area contributed by atoms with Crippen molar-refractivity contribution in [2.45, 2.75) is 12.1 Å². The predicted octanol–water partition coefficient (Wildman–Crippen LogP) is 2.12. The van der Waals surface area contributed by atoms with Crippen molar-refractivity contribution in [3.8, 4) is 0 Å². The molecule has 0 radical (unpaired) electrons. The van der Waals surface area contributed by atoms with Crippen LogP contribution in [0, 0.1) is 5.82 Å². The van der Waals surface area contributed by atoms with Gasteiger partial charge in [0.2, 0.25) is 0 Å². The summed E-state index contributed by atoms with van der Waals surface area (Å²) in [6.07, 6.45) is 0.228. The van der Waals surface area contributed by atoms with Gasteiger partial charge in [-0.25, -0.2) is 14.2 Å². The number of carbonyl (C=O) groups is 1. The lowest BCUT2D eigenvalue weighted by Gasteiger charge is -2.17. The Balaban J connectivity index is 2.37. The summed E-state index contributed by atoms with van der Waals surface area (Å²) in [5.41, 5.74) is 0.113. The van der Waals surface area contributed by atoms with Gasteiger partial charge in [0.1, 0.15) is 5.82 Å². The lowest BCUT2D eigenvalue weighted by Crippen LogP contribution is -2.26. The number of rotatable bonds is 2. The van der Waals surface area contributed by atoms with Gasteiger partial charge in [-0.1, -0.05) is 17.7 Å². The minimum absolute atomic E-state index is 0.113. The van der Waals surface area contributed by atoms with Crippen LogP contribution >= 0.6 is 11.6 Å². The first-order valence-electron chi connectivity index (χ1n) is 4.84. The third-order valence-corrected chi connectivity index (χ3v) is 2.77. The number of hydrogen-bond acceptors (Lipinski definition) is 4. The normalized spacial score (nSPS) is 22.3. The summed E-state index contributed by atoms with van der Waals surface area (Å²) in [6, 6.07) is 3.33. The highest BCUT2D eigenvalue weighted by molar-refractivity contribution is 6.31. The van der Waals surface area contributed by atoms with E-state index in [1.807, 2.05) is 0 Å². The molecule has 1 aromatic rings. The van der Waals surface area contributed by atoms with Crippen molar-refractivity contribution in [1.82, 2.24) is 0 Å². The van der Waals surface area contributed by atoms with Gasteiger partial charge < -0.3 is 9.47 Å². The summed E-state index contributed by atoms with van der Waals surface area (Å²) in [4.78, 5) is 15.2. The van der Waals surface area contributed by atoms with Crippen LogP contribution in [0.2, 0.25) is 5.02 Å². The van der Waals surface area contributed by atoms with Crippen LogP contribution in [0.5, 0.6) is 0 Å². The van der Waals surface area contributed by atoms with E-state index in [2.05, 4.69) is 9.73 Å². The maximum absolute atomic E-state index is 13.7. The van der Waals surface area contributed by atoms with E-state index in [0.717, 1.165) is 6.40 Å². The Morgan fingerprint density at radius 1 is 1.59 bits per heavy atom. The number of esters is 1. The molecule has 0 bridgehead atoms. The maximum atomic E-state index is 13.7. The Kier molecular flexibility index (Phi) is 3.28. The predicted molar refractivity (Wildman–Crippen MR) is 59.5 cm³/mol. The summed E-state index contributed by atoms with van der Waals surface area (Å²) in [5.74, 6) is -1.13. The molecule has 2 rings (SSSR count). The Labute approximate surface area is 102 Å². The lowest BCUT2D eigenvalue weighted by molar-refractivity contribution is -0.143. The van der Waals surface area contributed by atoms with Crippen LogP contribution in [0.1, 0.15) is 11.7 Å². The second-order valence-corrected chi connectivity index (χ2v) is 3.82. The quantitative estimate of drug-likeness (QED) is 0.763. The average Bonchev–Trinajstić information content (AvgIpc) is 2.77. The first kappa shape index (κ1) is 11.9. The van der Waals surface area contributed by atoms with Crippen molar-refractivity contribution in [2.24, 2.45) is 4.99 Å². The molecule has 0 aromatic heterocycles. The summed E-state index contributed by atoms with van der Waals surface area (Å²) in [7, 11) is 1.23. The molecule has 17 heavy (non-hydrogen) atoms. The number of hydrogen-bond donors (Lipinski definition) is 0. The largest absolute Gasteiger partial charge is 0.473 e. The van der Waals surface area contributed by atoms with Gasteiger partial charge in [-0.05, 0) is 12.1 Å². The molecule has 0 spiro atoms. The van der Waals surface area contributed by atoms with E-state index in [9.17, 15) is 9.18 Å². The fourth-order valence-electron chi connectivity index (χ4n) is 1.63. The molecule has 1 aliphatic heterocycles. The van der Waals surface area contributed by atoms with E-state index in [1.54, 1.807) is 0 Å². The van der Waals surface area contributed by atoms with E-state index in [1.165, 1.54) is 25.3 Å². The smallest absolute Gasteiger partial charge is 0.334 e. The Morgan fingerprint density at radius 2 is 2.35 bits per heavy atom. The standard InChI is InChI=1S/C11H9ClFNO3/c1-16-11(15)9-10(17-5-14-9)8-6(12)3-2-4-7(8)13/h2-5,9-10H,1H3/t9-,10+/m0/s1. The molecular formula is C11H9ClFNO3. The molecule has 0 unspecified atom stereocenters. The van der Waals surface area contributed by atoms with Crippen LogP contribution in [0.3, 0.4) is 0 Å². The van der Waals surface area contributed by atoms with Gasteiger partial charge in [-0.15, -0.1) is 0 Å². The van der Waals surface area contributed by atoms with Crippen molar-refractivity contribution in [2.75, 3.05) is 7.11 Å². The highest BCUT2D eigenvalue weighted by atomic mass is 35.5. The van der Waals surface area contributed by atoms with E-state index >= 15 is 0 Å². The minimum Gasteiger partial charge on any atom is -0.473 e. The van der Waals surface area contributed by atoms with E-state index in [0.29, 0.717) is 0 Å². The van der Waals surface area contributed by atoms with E-state index in [4.69, 9.17) is 16.3 Å². The van der Waals surface area contributed by atoms with Crippen molar-refractivity contribution >= 4 is 24.0 Å². The summed E-state index contributed by atoms with van der Waals surface area (Å²) in [6.45, 7) is 0. The van der Waals surface area contributed by atoms with Gasteiger partial charge in [-0.3, -0.25) is 0 Å². The van der Waals surface area contributed by atoms with Gasteiger partial charge in [0.05, 0.1) is 12.1 Å². The molecule has 0 saturated carbocycles. The summed E-state index contributed by atoms with van der Waals surface area (Å²) >= 11 is 5.90. The third-order valence-electron chi connectivity index (χ3n) is 2.44. The highest BCUT2D eigenvalue weighted by Gasteiger charge is 2.37. The number of aliphatic imine (C=N–C) groups is 1. The third kappa shape index (κ3) is 2.10. The van der Waals surface area contributed by atoms with Crippen LogP contribution in [-0.2, 0) is 14.3 Å². The highest BCUT2D eigenvalue weighted by Crippen LogP contribution is 2.34. The van der Waals surface area contributed by atoms with Gasteiger partial charge in [0.15, 0.2) is 18.5 Å². The van der Waals surface area contributed by atoms with E-state index in [-0.39, 0.29) is 10.6 Å². The minimum atomic E-state index is -0.922. The van der Waals surface area contributed by atoms with Gasteiger partial charge in [0, 0.05) is 5.56 Å². The fourth-order valence-corrected chi connectivity index (χ4v) is 1.90. The molecule has 1 aromatic carbocycles. The molecule has 1 heterocycles. The summed E-state index contributed by atoms with van der Waals surface area (Å²) in [5, 5.41) is 0.189. The number of nitrogens with zero attached hydrogens (tertiary/aromatic N) is 1. The number of methoxy groups -OCH3 is 1. The zero-order valence-corrected chi connectivity index (χ0v) is 9.65. The molecule has 0 N–H and O–H groups in total. The van der Waals surface area contributed by atoms with Gasteiger partial charge in [-0.2, -0.15) is 0 Å². The SMILES string of the molecule is COC(=O)[C@H]1N=CO[C@@H]1c1c(F)cccc1Cl. The molecule has 0 amide bonds. The molecule has 4 nitrogen and oxygen atoms in total. The maximum Gasteiger partial charge on any atom is 0.334 e. The van der Waals surface area contributed by atoms with Crippen LogP contribution in [0.4, 0.5) is 4.39 Å². The first-order chi connectivity index (χ1) is 8.15. The van der Waals surface area contributed by atoms with Crippen LogP contribution in [0.25, 0.3) is 0 Å². The molecule has 90 valence electrons. The summed E-state index contributed by atoms with van der Waals surface area (Å²) < 4.78 is 23.4. The molecule has 0 fully saturated rings. The lowest BCUT2D eigenvalue weighted by atomic mass is 10.0. The molecular weight excluding hydrogens is 249 g/mol. The fraction of sp³-hybridized carbons (Fsp3) is 0.273. The van der Waals surface area contributed by atoms with Crippen molar-refractivity contribution in [3.05, 3.63) is 34.6 Å². The second-order valence-electron chi connectivity index (χ2n) is 3.41. The van der Waals surface area contributed by atoms with Gasteiger partial charge >= 0.3 is 5.97 Å². The molecule has 1 aliphatic rings. The Bertz CT molecular complexity index is 458. The zero-order chi connectivity index (χ0) is 12.4. The molecule has 0 saturated heterocycles. The number of ether oxygens (including phenoxy) is 2. The van der Waals surface area contributed by atoms with Crippen molar-refractivity contribution in [1.29, 1.82) is 0 Å². The monoisotopic (exact) mass is 257 g/mol. The van der Waals surface area contributed by atoms with Crippen molar-refractivity contribution < 1.29 is 18.7 Å². The zero-order valence-electron chi connectivity index (χ0n) is 8.89. The average molecular weight is 258 g/mol. The Hall–Kier alpha value is -1.62. The number of benzene rings is 1. The first-order valence-corrected chi connectivity index (χ1v) is 5.21. The van der Waals surface area contributed by atoms with Gasteiger partial charge in [0.25, 0.3) is 0 Å². The molecule has 6 heteroatoms. The second kappa shape index (κ2) is 4.71. The topological polar surface area (TPSA) is 47.9 Å². The molecule has 0 aliphatic carbocycles. The number of carbonyl (C=O) groups excluding carboxylic acids is 1. The van der Waals surface area contributed by atoms with Crippen LogP contribution in [0.15, 0.2) is 23.2 Å². The van der Waals surface area contributed by atoms with Crippen LogP contribution < -0.4 is 0 Å². The van der Waals surface area contributed by atoms with Crippen molar-refractivity contribution in [3.63, 3.8) is 0 Å². The number of halogens is 2. The Morgan fingerprint density at radius 3 is 3.00 bits per heavy atom. The van der Waals surface area contributed by atoms with Crippen LogP contribution in [-0.4, -0.2) is 25.5 Å².